The Balaban J connectivity index is 0.00000110. The van der Waals surface area contributed by atoms with Crippen molar-refractivity contribution < 1.29 is 24.3 Å². The number of carbonyl (C=O) groups is 4. The number of unbranched alkanes of at least 4 members (excludes halogenated alkanes) is 1. The lowest BCUT2D eigenvalue weighted by atomic mass is 10.1. The van der Waals surface area contributed by atoms with Gasteiger partial charge in [-0.3, -0.25) is 19.8 Å². The highest BCUT2D eigenvalue weighted by atomic mass is 16.3. The van der Waals surface area contributed by atoms with E-state index in [1.54, 1.807) is 6.07 Å². The second-order valence-corrected chi connectivity index (χ2v) is 8.88. The smallest absolute Gasteiger partial charge is 0.272 e. The number of primary amides is 1. The van der Waals surface area contributed by atoms with E-state index in [2.05, 4.69) is 21.8 Å². The summed E-state index contributed by atoms with van der Waals surface area (Å²) in [6, 6.07) is 21.6. The van der Waals surface area contributed by atoms with Gasteiger partial charge in [-0.15, -0.1) is 0 Å². The average Bonchev–Trinajstić information content (AvgIpc) is 3.31. The predicted molar refractivity (Wildman–Crippen MR) is 159 cm³/mol. The van der Waals surface area contributed by atoms with Gasteiger partial charge in [0.15, 0.2) is 0 Å². The molecule has 0 bridgehead atoms. The van der Waals surface area contributed by atoms with Gasteiger partial charge in [0.1, 0.15) is 6.29 Å². The molecule has 0 aromatic heterocycles. The van der Waals surface area contributed by atoms with Crippen LogP contribution >= 0.6 is 0 Å². The van der Waals surface area contributed by atoms with Crippen LogP contribution in [-0.2, 0) is 40.6 Å². The number of nitrogens with two attached hydrogens (primary N) is 1. The zero-order valence-electron chi connectivity index (χ0n) is 23.6. The van der Waals surface area contributed by atoms with E-state index in [1.807, 2.05) is 74.5 Å². The Labute approximate surface area is 240 Å². The van der Waals surface area contributed by atoms with Crippen LogP contribution in [0.15, 0.2) is 66.7 Å². The molecule has 3 aromatic rings. The standard InChI is InChI=1S/C28H30N4O4.C2H6.CH3NO/c33-13-2-1-6-27(35)31-32-18-23-15-21(7-12-26(23)28(32)36)17-30-25-10-8-24(9-11-25)29-16-20-4-3-5-22(14-20)19-34;1-2;2-1-3/h3-5,7-15,29-30,34H,1-2,6,16-19H2,(H,31,35);1-2H3;1H,(H2,2,3). The van der Waals surface area contributed by atoms with Crippen LogP contribution in [0, 0.1) is 0 Å². The predicted octanol–water partition coefficient (Wildman–Crippen LogP) is 3.89. The number of hydrogen-bond donors (Lipinski definition) is 5. The third kappa shape index (κ3) is 10.4. The maximum atomic E-state index is 12.6. The van der Waals surface area contributed by atoms with Crippen molar-refractivity contribution in [1.29, 1.82) is 0 Å². The summed E-state index contributed by atoms with van der Waals surface area (Å²) >= 11 is 0. The van der Waals surface area contributed by atoms with Crippen LogP contribution in [0.4, 0.5) is 11.4 Å². The molecule has 1 aliphatic heterocycles. The summed E-state index contributed by atoms with van der Waals surface area (Å²) in [5.74, 6) is -0.490. The minimum atomic E-state index is -0.267. The number of carbonyl (C=O) groups excluding carboxylic acids is 4. The van der Waals surface area contributed by atoms with E-state index in [4.69, 9.17) is 4.79 Å². The number of rotatable bonds is 12. The highest BCUT2D eigenvalue weighted by Crippen LogP contribution is 2.23. The molecule has 10 nitrogen and oxygen atoms in total. The van der Waals surface area contributed by atoms with Gasteiger partial charge >= 0.3 is 0 Å². The van der Waals surface area contributed by atoms with Crippen LogP contribution in [0.2, 0.25) is 0 Å². The van der Waals surface area contributed by atoms with E-state index < -0.39 is 0 Å². The number of aldehydes is 1. The van der Waals surface area contributed by atoms with Crippen LogP contribution < -0.4 is 21.8 Å². The van der Waals surface area contributed by atoms with Crippen LogP contribution in [-0.4, -0.2) is 34.6 Å². The molecule has 0 spiro atoms. The van der Waals surface area contributed by atoms with Gasteiger partial charge in [-0.05, 0) is 59.0 Å². The van der Waals surface area contributed by atoms with Crippen molar-refractivity contribution in [2.45, 2.75) is 59.4 Å². The molecule has 218 valence electrons. The van der Waals surface area contributed by atoms with Gasteiger partial charge in [0.2, 0.25) is 12.3 Å². The van der Waals surface area contributed by atoms with Crippen LogP contribution in [0.1, 0.15) is 65.7 Å². The van der Waals surface area contributed by atoms with Gasteiger partial charge in [0, 0.05) is 42.9 Å². The summed E-state index contributed by atoms with van der Waals surface area (Å²) in [5.41, 5.74) is 13.3. The number of aliphatic hydroxyl groups excluding tert-OH is 1. The number of hydrogen-bond acceptors (Lipinski definition) is 7. The Kier molecular flexibility index (Phi) is 14.1. The Morgan fingerprint density at radius 2 is 1.51 bits per heavy atom. The maximum Gasteiger partial charge on any atom is 0.272 e. The Morgan fingerprint density at radius 1 is 0.927 bits per heavy atom. The summed E-state index contributed by atoms with van der Waals surface area (Å²) in [4.78, 5) is 43.6. The second-order valence-electron chi connectivity index (χ2n) is 8.88. The molecule has 0 aliphatic carbocycles. The van der Waals surface area contributed by atoms with Crippen molar-refractivity contribution in [1.82, 2.24) is 10.4 Å². The van der Waals surface area contributed by atoms with Gasteiger partial charge in [0.05, 0.1) is 13.2 Å². The number of hydrazine groups is 1. The SMILES string of the molecule is CC.NC=O.O=CCCCC(=O)NN1Cc2cc(CNc3ccc(NCc4cccc(CO)c4)cc3)ccc2C1=O. The molecule has 41 heavy (non-hydrogen) atoms. The summed E-state index contributed by atoms with van der Waals surface area (Å²) in [5, 5.41) is 17.4. The van der Waals surface area contributed by atoms with E-state index in [1.165, 1.54) is 5.01 Å². The molecule has 0 unspecified atom stereocenters. The van der Waals surface area contributed by atoms with Crippen molar-refractivity contribution in [3.05, 3.63) is 94.5 Å². The number of nitrogens with one attached hydrogen (secondary N) is 3. The molecule has 3 aromatic carbocycles. The quantitative estimate of drug-likeness (QED) is 0.166. The first-order chi connectivity index (χ1) is 20.0. The average molecular weight is 562 g/mol. The number of aliphatic hydroxyl groups is 1. The third-order valence-corrected chi connectivity index (χ3v) is 6.01. The van der Waals surface area contributed by atoms with E-state index >= 15 is 0 Å². The second kappa shape index (κ2) is 17.8. The molecule has 3 amide bonds. The highest BCUT2D eigenvalue weighted by Gasteiger charge is 2.28. The lowest BCUT2D eigenvalue weighted by Gasteiger charge is -2.16. The van der Waals surface area contributed by atoms with Crippen LogP contribution in [0.25, 0.3) is 0 Å². The molecule has 1 heterocycles. The summed E-state index contributed by atoms with van der Waals surface area (Å²) in [7, 11) is 0. The van der Waals surface area contributed by atoms with Gasteiger partial charge in [-0.2, -0.15) is 0 Å². The minimum absolute atomic E-state index is 0.0347. The lowest BCUT2D eigenvalue weighted by Crippen LogP contribution is -2.42. The molecule has 4 rings (SSSR count). The zero-order valence-corrected chi connectivity index (χ0v) is 23.6. The Hall–Kier alpha value is -4.70. The van der Waals surface area contributed by atoms with Gasteiger partial charge in [0.25, 0.3) is 5.91 Å². The number of nitrogens with zero attached hydrogens (tertiary/aromatic N) is 1. The summed E-state index contributed by atoms with van der Waals surface area (Å²) < 4.78 is 0. The van der Waals surface area contributed by atoms with Crippen molar-refractivity contribution in [2.24, 2.45) is 5.73 Å². The minimum Gasteiger partial charge on any atom is -0.392 e. The molecule has 0 saturated heterocycles. The highest BCUT2D eigenvalue weighted by molar-refractivity contribution is 5.99. The van der Waals surface area contributed by atoms with Crippen molar-refractivity contribution >= 4 is 35.9 Å². The number of amides is 3. The fourth-order valence-corrected chi connectivity index (χ4v) is 4.08. The number of benzene rings is 3. The van der Waals surface area contributed by atoms with Crippen LogP contribution in [0.3, 0.4) is 0 Å². The number of fused-ring (bicyclic) bond motifs is 1. The van der Waals surface area contributed by atoms with Gasteiger partial charge in [-0.25, -0.2) is 5.01 Å². The van der Waals surface area contributed by atoms with Gasteiger partial charge < -0.3 is 26.3 Å². The van der Waals surface area contributed by atoms with Gasteiger partial charge in [-0.1, -0.05) is 50.2 Å². The molecule has 10 heteroatoms. The third-order valence-electron chi connectivity index (χ3n) is 6.01. The molecular formula is C31H39N5O5. The monoisotopic (exact) mass is 561 g/mol. The molecule has 1 aliphatic rings. The number of anilines is 2. The lowest BCUT2D eigenvalue weighted by molar-refractivity contribution is -0.125. The molecule has 0 saturated carbocycles. The molecule has 0 atom stereocenters. The van der Waals surface area contributed by atoms with E-state index in [0.717, 1.165) is 39.9 Å². The molecule has 0 fully saturated rings. The van der Waals surface area contributed by atoms with E-state index in [0.29, 0.717) is 38.0 Å². The van der Waals surface area contributed by atoms with E-state index in [9.17, 15) is 19.5 Å². The fraction of sp³-hybridized carbons (Fsp3) is 0.290. The topological polar surface area (TPSA) is 154 Å². The molecular weight excluding hydrogens is 522 g/mol. The maximum absolute atomic E-state index is 12.6. The first-order valence-electron chi connectivity index (χ1n) is 13.6. The Morgan fingerprint density at radius 3 is 2.10 bits per heavy atom. The zero-order chi connectivity index (χ0) is 30.0. The normalized spacial score (nSPS) is 11.2. The molecule has 0 radical (unpaired) electrons. The summed E-state index contributed by atoms with van der Waals surface area (Å²) in [6.45, 7) is 5.63. The van der Waals surface area contributed by atoms with Crippen molar-refractivity contribution in [2.75, 3.05) is 10.6 Å². The first-order valence-corrected chi connectivity index (χ1v) is 13.6. The van der Waals surface area contributed by atoms with Crippen molar-refractivity contribution in [3.8, 4) is 0 Å². The van der Waals surface area contributed by atoms with E-state index in [-0.39, 0.29) is 31.3 Å². The summed E-state index contributed by atoms with van der Waals surface area (Å²) in [6.07, 6.45) is 2.04. The van der Waals surface area contributed by atoms with Crippen molar-refractivity contribution in [3.63, 3.8) is 0 Å². The fourth-order valence-electron chi connectivity index (χ4n) is 4.08. The Bertz CT molecular complexity index is 1280. The first kappa shape index (κ1) is 32.5. The molecule has 6 N–H and O–H groups in total. The van der Waals surface area contributed by atoms with Crippen LogP contribution in [0.5, 0.6) is 0 Å². The largest absolute Gasteiger partial charge is 0.392 e.